The number of nitrogens with one attached hydrogen (secondary N) is 2. The fraction of sp³-hybridized carbons (Fsp3) is 0.556. The molecule has 0 saturated heterocycles. The average Bonchev–Trinajstić information content (AvgIpc) is 2.22. The minimum absolute atomic E-state index is 0.119. The number of aromatic nitrogens is 2. The third-order valence-electron chi connectivity index (χ3n) is 1.93. The summed E-state index contributed by atoms with van der Waals surface area (Å²) in [4.78, 5) is 17.6. The molecule has 1 aromatic heterocycles. The lowest BCUT2D eigenvalue weighted by atomic mass is 10.2. The molecule has 1 atom stereocenters. The van der Waals surface area contributed by atoms with E-state index in [0.29, 0.717) is 5.82 Å². The van der Waals surface area contributed by atoms with Crippen molar-refractivity contribution in [1.82, 2.24) is 9.97 Å². The molecule has 0 bridgehead atoms. The topological polar surface area (TPSA) is 57.8 Å². The van der Waals surface area contributed by atoms with Gasteiger partial charge in [0.2, 0.25) is 0 Å². The molecular weight excluding hydrogens is 234 g/mol. The van der Waals surface area contributed by atoms with E-state index in [-0.39, 0.29) is 16.6 Å². The summed E-state index contributed by atoms with van der Waals surface area (Å²) in [6.07, 6.45) is 4.41. The van der Waals surface area contributed by atoms with Gasteiger partial charge in [-0.2, -0.15) is 11.8 Å². The summed E-state index contributed by atoms with van der Waals surface area (Å²) in [6.45, 7) is 2.04. The Kier molecular flexibility index (Phi) is 4.98. The van der Waals surface area contributed by atoms with Crippen molar-refractivity contribution in [2.24, 2.45) is 0 Å². The van der Waals surface area contributed by atoms with Crippen LogP contribution in [-0.2, 0) is 0 Å². The van der Waals surface area contributed by atoms with E-state index in [2.05, 4.69) is 21.5 Å². The van der Waals surface area contributed by atoms with Gasteiger partial charge in [0.05, 0.1) is 6.33 Å². The molecule has 0 radical (unpaired) electrons. The standard InChI is InChI=1S/C9H14ClN3OS/c1-6(3-4-15-2)13-8-7(10)9(14)12-5-11-8/h5-6H,3-4H2,1-2H3,(H2,11,12,13,14). The number of H-pyrrole nitrogens is 1. The van der Waals surface area contributed by atoms with E-state index in [0.717, 1.165) is 12.2 Å². The van der Waals surface area contributed by atoms with Crippen LogP contribution in [0.2, 0.25) is 5.02 Å². The highest BCUT2D eigenvalue weighted by molar-refractivity contribution is 7.98. The lowest BCUT2D eigenvalue weighted by Gasteiger charge is -2.13. The first-order chi connectivity index (χ1) is 7.15. The van der Waals surface area contributed by atoms with Gasteiger partial charge in [-0.15, -0.1) is 0 Å². The Labute approximate surface area is 97.8 Å². The van der Waals surface area contributed by atoms with E-state index in [9.17, 15) is 4.79 Å². The molecule has 0 saturated carbocycles. The highest BCUT2D eigenvalue weighted by Gasteiger charge is 2.08. The molecular formula is C9H14ClN3OS. The molecule has 0 amide bonds. The van der Waals surface area contributed by atoms with Gasteiger partial charge in [0, 0.05) is 6.04 Å². The molecule has 1 unspecified atom stereocenters. The quantitative estimate of drug-likeness (QED) is 0.836. The number of halogens is 1. The van der Waals surface area contributed by atoms with E-state index in [1.807, 2.05) is 6.92 Å². The molecule has 0 aliphatic heterocycles. The lowest BCUT2D eigenvalue weighted by molar-refractivity contribution is 0.765. The van der Waals surface area contributed by atoms with Crippen molar-refractivity contribution >= 4 is 29.2 Å². The number of anilines is 1. The Morgan fingerprint density at radius 3 is 3.13 bits per heavy atom. The van der Waals surface area contributed by atoms with E-state index in [1.54, 1.807) is 11.8 Å². The van der Waals surface area contributed by atoms with Gasteiger partial charge in [0.15, 0.2) is 5.82 Å². The van der Waals surface area contributed by atoms with E-state index >= 15 is 0 Å². The number of aromatic amines is 1. The van der Waals surface area contributed by atoms with Gasteiger partial charge < -0.3 is 10.3 Å². The van der Waals surface area contributed by atoms with Crippen molar-refractivity contribution in [1.29, 1.82) is 0 Å². The summed E-state index contributed by atoms with van der Waals surface area (Å²) < 4.78 is 0. The molecule has 0 aliphatic carbocycles. The van der Waals surface area contributed by atoms with Crippen molar-refractivity contribution < 1.29 is 0 Å². The zero-order valence-corrected chi connectivity index (χ0v) is 10.3. The Balaban J connectivity index is 2.64. The fourth-order valence-electron chi connectivity index (χ4n) is 1.08. The summed E-state index contributed by atoms with van der Waals surface area (Å²) in [5.41, 5.74) is -0.314. The molecule has 0 spiro atoms. The van der Waals surface area contributed by atoms with E-state index in [1.165, 1.54) is 6.33 Å². The third-order valence-corrected chi connectivity index (χ3v) is 2.93. The Hall–Kier alpha value is -0.680. The predicted molar refractivity (Wildman–Crippen MR) is 66.0 cm³/mol. The first-order valence-corrected chi connectivity index (χ1v) is 6.41. The summed E-state index contributed by atoms with van der Waals surface area (Å²) in [5, 5.41) is 3.23. The maximum Gasteiger partial charge on any atom is 0.271 e. The maximum atomic E-state index is 11.2. The SMILES string of the molecule is CSCCC(C)Nc1nc[nH]c(=O)c1Cl. The second-order valence-electron chi connectivity index (χ2n) is 3.22. The summed E-state index contributed by atoms with van der Waals surface area (Å²) in [6, 6.07) is 0.254. The maximum absolute atomic E-state index is 11.2. The molecule has 4 nitrogen and oxygen atoms in total. The molecule has 6 heteroatoms. The summed E-state index contributed by atoms with van der Waals surface area (Å²) >= 11 is 7.58. The number of rotatable bonds is 5. The van der Waals surface area contributed by atoms with Gasteiger partial charge in [0.25, 0.3) is 5.56 Å². The number of hydrogen-bond donors (Lipinski definition) is 2. The predicted octanol–water partition coefficient (Wildman–Crippen LogP) is 1.98. The number of nitrogens with zero attached hydrogens (tertiary/aromatic N) is 1. The molecule has 0 aliphatic rings. The third kappa shape index (κ3) is 3.76. The first-order valence-electron chi connectivity index (χ1n) is 4.63. The van der Waals surface area contributed by atoms with Crippen LogP contribution in [0, 0.1) is 0 Å². The summed E-state index contributed by atoms with van der Waals surface area (Å²) in [7, 11) is 0. The normalized spacial score (nSPS) is 12.5. The van der Waals surface area contributed by atoms with E-state index < -0.39 is 0 Å². The molecule has 15 heavy (non-hydrogen) atoms. The van der Waals surface area contributed by atoms with E-state index in [4.69, 9.17) is 11.6 Å². The van der Waals surface area contributed by atoms with Crippen LogP contribution < -0.4 is 10.9 Å². The van der Waals surface area contributed by atoms with Crippen LogP contribution in [0.3, 0.4) is 0 Å². The van der Waals surface area contributed by atoms with Crippen LogP contribution in [0.5, 0.6) is 0 Å². The monoisotopic (exact) mass is 247 g/mol. The van der Waals surface area contributed by atoms with Crippen LogP contribution >= 0.6 is 23.4 Å². The van der Waals surface area contributed by atoms with Gasteiger partial charge in [-0.3, -0.25) is 4.79 Å². The zero-order chi connectivity index (χ0) is 11.3. The highest BCUT2D eigenvalue weighted by Crippen LogP contribution is 2.14. The summed E-state index contributed by atoms with van der Waals surface area (Å²) in [5.74, 6) is 1.52. The van der Waals surface area contributed by atoms with Crippen LogP contribution in [0.1, 0.15) is 13.3 Å². The Morgan fingerprint density at radius 2 is 2.47 bits per heavy atom. The molecule has 0 fully saturated rings. The first kappa shape index (κ1) is 12.4. The van der Waals surface area contributed by atoms with Gasteiger partial charge in [-0.1, -0.05) is 11.6 Å². The van der Waals surface area contributed by atoms with Crippen LogP contribution in [0.15, 0.2) is 11.1 Å². The molecule has 0 aromatic carbocycles. The molecule has 1 heterocycles. The van der Waals surface area contributed by atoms with Crippen LogP contribution in [0.25, 0.3) is 0 Å². The van der Waals surface area contributed by atoms with Crippen LogP contribution in [0.4, 0.5) is 5.82 Å². The second-order valence-corrected chi connectivity index (χ2v) is 4.58. The molecule has 2 N–H and O–H groups in total. The van der Waals surface area contributed by atoms with Gasteiger partial charge in [-0.05, 0) is 25.4 Å². The largest absolute Gasteiger partial charge is 0.366 e. The fourth-order valence-corrected chi connectivity index (χ4v) is 1.83. The molecule has 84 valence electrons. The average molecular weight is 248 g/mol. The Morgan fingerprint density at radius 1 is 1.73 bits per heavy atom. The molecule has 1 aromatic rings. The van der Waals surface area contributed by atoms with Crippen molar-refractivity contribution in [3.05, 3.63) is 21.7 Å². The van der Waals surface area contributed by atoms with Crippen molar-refractivity contribution in [3.8, 4) is 0 Å². The Bertz CT molecular complexity index is 369. The van der Waals surface area contributed by atoms with Crippen molar-refractivity contribution in [2.75, 3.05) is 17.3 Å². The second kappa shape index (κ2) is 6.02. The van der Waals surface area contributed by atoms with Crippen LogP contribution in [-0.4, -0.2) is 28.0 Å². The van der Waals surface area contributed by atoms with Gasteiger partial charge >= 0.3 is 0 Å². The highest BCUT2D eigenvalue weighted by atomic mass is 35.5. The minimum Gasteiger partial charge on any atom is -0.366 e. The van der Waals surface area contributed by atoms with Gasteiger partial charge in [-0.25, -0.2) is 4.98 Å². The zero-order valence-electron chi connectivity index (χ0n) is 8.71. The number of hydrogen-bond acceptors (Lipinski definition) is 4. The van der Waals surface area contributed by atoms with Gasteiger partial charge in [0.1, 0.15) is 5.02 Å². The molecule has 1 rings (SSSR count). The lowest BCUT2D eigenvalue weighted by Crippen LogP contribution is -2.20. The smallest absolute Gasteiger partial charge is 0.271 e. The number of thioether (sulfide) groups is 1. The van der Waals surface area contributed by atoms with Crippen molar-refractivity contribution in [2.45, 2.75) is 19.4 Å². The van der Waals surface area contributed by atoms with Crippen molar-refractivity contribution in [3.63, 3.8) is 0 Å². The minimum atomic E-state index is -0.314.